The summed E-state index contributed by atoms with van der Waals surface area (Å²) in [5.41, 5.74) is -3.13. The second kappa shape index (κ2) is 7.16. The first kappa shape index (κ1) is 18.9. The van der Waals surface area contributed by atoms with E-state index in [-0.39, 0.29) is 16.7 Å². The largest absolute Gasteiger partial charge is 0.506 e. The lowest BCUT2D eigenvalue weighted by Crippen LogP contribution is -2.35. The van der Waals surface area contributed by atoms with E-state index < -0.39 is 47.2 Å². The Bertz CT molecular complexity index is 1190. The Kier molecular flexibility index (Phi) is 4.65. The lowest BCUT2D eigenvalue weighted by atomic mass is 10.1. The molecule has 0 radical (unpaired) electrons. The van der Waals surface area contributed by atoms with E-state index in [1.807, 2.05) is 0 Å². The van der Waals surface area contributed by atoms with Gasteiger partial charge in [-0.2, -0.15) is 13.2 Å². The maximum atomic E-state index is 13.4. The van der Waals surface area contributed by atoms with Crippen LogP contribution in [0.25, 0.3) is 10.9 Å². The number of carbonyl (C=O) groups excluding carboxylic acids is 1. The molecule has 2 aromatic carbocycles. The van der Waals surface area contributed by atoms with Crippen LogP contribution in [0.4, 0.5) is 18.9 Å². The third-order valence-electron chi connectivity index (χ3n) is 4.54. The number of rotatable bonds is 3. The highest BCUT2D eigenvalue weighted by Crippen LogP contribution is 2.38. The molecule has 152 valence electrons. The molecule has 0 saturated heterocycles. The molecule has 0 aliphatic heterocycles. The Morgan fingerprint density at radius 2 is 1.90 bits per heavy atom. The molecule has 9 heteroatoms. The van der Waals surface area contributed by atoms with Crippen LogP contribution in [0.2, 0.25) is 0 Å². The molecule has 0 aliphatic rings. The normalized spacial score (nSPS) is 12.0. The van der Waals surface area contributed by atoms with Crippen LogP contribution in [0.3, 0.4) is 0 Å². The van der Waals surface area contributed by atoms with Crippen molar-refractivity contribution in [2.75, 3.05) is 19.0 Å². The average Bonchev–Trinajstić information content (AvgIpc) is 2.72. The fourth-order valence-electron chi connectivity index (χ4n) is 3.10. The van der Waals surface area contributed by atoms with Gasteiger partial charge in [0.05, 0.1) is 29.3 Å². The number of anilines is 1. The second-order valence-electron chi connectivity index (χ2n) is 6.19. The summed E-state index contributed by atoms with van der Waals surface area (Å²) in [6.07, 6.45) is -4.79. The van der Waals surface area contributed by atoms with Crippen LogP contribution in [0.1, 0.15) is 17.3 Å². The van der Waals surface area contributed by atoms with Crippen LogP contribution in [0.15, 0.2) is 47.3 Å². The summed E-state index contributed by atoms with van der Waals surface area (Å²) < 4.78 is 54.1. The summed E-state index contributed by atoms with van der Waals surface area (Å²) >= 11 is 0. The highest BCUT2D eigenvalue weighted by atomic mass is 19.4. The number of aromatic nitrogens is 1. The van der Waals surface area contributed by atoms with Gasteiger partial charge < -0.3 is 19.3 Å². The van der Waals surface area contributed by atoms with E-state index in [1.54, 1.807) is 6.07 Å². The first-order chi connectivity index (χ1) is 14.1. The number of amides is 1. The van der Waals surface area contributed by atoms with E-state index >= 15 is 0 Å². The molecular weight excluding hydrogens is 389 g/mol. The number of para-hydroxylation sites is 1. The van der Waals surface area contributed by atoms with Gasteiger partial charge in [0, 0.05) is 15.4 Å². The number of aromatic hydroxyl groups is 1. The minimum absolute atomic E-state index is 0.0551. The number of aryl methyl sites for hydroxylation is 1. The molecule has 0 fully saturated rings. The zero-order valence-electron chi connectivity index (χ0n) is 16.4. The minimum atomic E-state index is -4.79. The van der Waals surface area contributed by atoms with Crippen molar-refractivity contribution < 1.29 is 29.2 Å². The fourth-order valence-corrected chi connectivity index (χ4v) is 3.10. The summed E-state index contributed by atoms with van der Waals surface area (Å²) in [6, 6.07) is 8.83. The third kappa shape index (κ3) is 3.28. The van der Waals surface area contributed by atoms with Gasteiger partial charge in [-0.15, -0.1) is 0 Å². The lowest BCUT2D eigenvalue weighted by Gasteiger charge is -2.23. The van der Waals surface area contributed by atoms with E-state index in [0.29, 0.717) is 4.90 Å². The number of benzene rings is 2. The number of halogens is 3. The number of alkyl halides is 3. The molecule has 3 rings (SSSR count). The van der Waals surface area contributed by atoms with Gasteiger partial charge in [0.1, 0.15) is 17.1 Å². The van der Waals surface area contributed by atoms with Crippen molar-refractivity contribution in [1.82, 2.24) is 4.57 Å². The van der Waals surface area contributed by atoms with Gasteiger partial charge in [-0.05, 0) is 24.3 Å². The van der Waals surface area contributed by atoms with Gasteiger partial charge in [0.25, 0.3) is 11.5 Å². The summed E-state index contributed by atoms with van der Waals surface area (Å²) in [4.78, 5) is 26.4. The maximum absolute atomic E-state index is 13.4. The van der Waals surface area contributed by atoms with Crippen LogP contribution >= 0.6 is 0 Å². The fraction of sp³-hybridized carbons (Fsp3) is 0.200. The minimum Gasteiger partial charge on any atom is -0.506 e. The van der Waals surface area contributed by atoms with E-state index in [9.17, 15) is 27.9 Å². The topological polar surface area (TPSA) is 71.8 Å². The maximum Gasteiger partial charge on any atom is 0.418 e. The van der Waals surface area contributed by atoms with E-state index in [4.69, 9.17) is 6.11 Å². The summed E-state index contributed by atoms with van der Waals surface area (Å²) in [7, 11) is 1.78. The van der Waals surface area contributed by atoms with Crippen LogP contribution < -0.4 is 15.2 Å². The molecule has 29 heavy (non-hydrogen) atoms. The molecule has 0 bridgehead atoms. The lowest BCUT2D eigenvalue weighted by molar-refractivity contribution is -0.137. The Hall–Kier alpha value is -3.49. The van der Waals surface area contributed by atoms with Gasteiger partial charge in [-0.25, -0.2) is 0 Å². The van der Waals surface area contributed by atoms with E-state index in [1.165, 1.54) is 32.4 Å². The SMILES string of the molecule is [2H]CN(C(=O)c1c(O)c2c(OC)cccc2n(C)c1=O)c1ccccc1C(F)(F)F. The number of methoxy groups -OCH3 is 1. The van der Waals surface area contributed by atoms with Crippen molar-refractivity contribution >= 4 is 22.5 Å². The molecule has 0 atom stereocenters. The van der Waals surface area contributed by atoms with E-state index in [2.05, 4.69) is 0 Å². The third-order valence-corrected chi connectivity index (χ3v) is 4.54. The highest BCUT2D eigenvalue weighted by Gasteiger charge is 2.36. The molecule has 3 aromatic rings. The second-order valence-corrected chi connectivity index (χ2v) is 6.19. The zero-order valence-corrected chi connectivity index (χ0v) is 15.4. The van der Waals surface area contributed by atoms with Gasteiger partial charge in [0.15, 0.2) is 0 Å². The van der Waals surface area contributed by atoms with Crippen LogP contribution in [0.5, 0.6) is 11.5 Å². The van der Waals surface area contributed by atoms with Crippen LogP contribution in [-0.2, 0) is 13.2 Å². The van der Waals surface area contributed by atoms with Gasteiger partial charge >= 0.3 is 6.18 Å². The molecule has 6 nitrogen and oxygen atoms in total. The molecule has 1 N–H and O–H groups in total. The molecule has 1 amide bonds. The van der Waals surface area contributed by atoms with Crippen molar-refractivity contribution in [3.63, 3.8) is 0 Å². The smallest absolute Gasteiger partial charge is 0.418 e. The zero-order chi connectivity index (χ0) is 22.2. The number of ether oxygens (including phenoxy) is 1. The Morgan fingerprint density at radius 1 is 1.21 bits per heavy atom. The molecule has 1 aromatic heterocycles. The summed E-state index contributed by atoms with van der Waals surface area (Å²) in [5.74, 6) is -1.78. The molecular formula is C20H17F3N2O4. The predicted octanol–water partition coefficient (Wildman–Crippen LogP) is 3.55. The monoisotopic (exact) mass is 407 g/mol. The van der Waals surface area contributed by atoms with Crippen molar-refractivity contribution in [2.45, 2.75) is 6.18 Å². The van der Waals surface area contributed by atoms with Gasteiger partial charge in [-0.3, -0.25) is 9.59 Å². The molecule has 0 unspecified atom stereocenters. The van der Waals surface area contributed by atoms with Crippen LogP contribution in [-0.4, -0.2) is 29.7 Å². The van der Waals surface area contributed by atoms with Crippen molar-refractivity contribution in [1.29, 1.82) is 0 Å². The van der Waals surface area contributed by atoms with Crippen molar-refractivity contribution in [3.05, 3.63) is 63.9 Å². The summed E-state index contributed by atoms with van der Waals surface area (Å²) in [5, 5.41) is 10.8. The highest BCUT2D eigenvalue weighted by molar-refractivity contribution is 6.11. The molecule has 0 spiro atoms. The van der Waals surface area contributed by atoms with Gasteiger partial charge in [-0.1, -0.05) is 18.2 Å². The summed E-state index contributed by atoms with van der Waals surface area (Å²) in [6.45, 7) is 0. The Balaban J connectivity index is 2.29. The first-order valence-electron chi connectivity index (χ1n) is 9.00. The average molecular weight is 407 g/mol. The molecule has 1 heterocycles. The quantitative estimate of drug-likeness (QED) is 0.721. The number of hydrogen-bond acceptors (Lipinski definition) is 4. The molecule has 0 aliphatic carbocycles. The van der Waals surface area contributed by atoms with E-state index in [0.717, 1.165) is 22.8 Å². The number of hydrogen-bond donors (Lipinski definition) is 1. The standard InChI is InChI=1S/C20H17F3N2O4/c1-24(12-8-5-4-7-11(12)20(21,22)23)18(27)16-17(26)15-13(25(2)19(16)28)9-6-10-14(15)29-3/h4-10,26H,1-3H3/i1D. The number of pyridine rings is 1. The molecule has 0 saturated carbocycles. The first-order valence-corrected chi connectivity index (χ1v) is 8.29. The predicted molar refractivity (Wildman–Crippen MR) is 102 cm³/mol. The number of fused-ring (bicyclic) bond motifs is 1. The Morgan fingerprint density at radius 3 is 2.52 bits per heavy atom. The number of nitrogens with zero attached hydrogens (tertiary/aromatic N) is 2. The van der Waals surface area contributed by atoms with Gasteiger partial charge in [0.2, 0.25) is 0 Å². The van der Waals surface area contributed by atoms with Crippen molar-refractivity contribution in [2.24, 2.45) is 7.05 Å². The Labute approximate surface area is 164 Å². The van der Waals surface area contributed by atoms with Crippen molar-refractivity contribution in [3.8, 4) is 11.5 Å². The number of carbonyl (C=O) groups is 1. The van der Waals surface area contributed by atoms with Crippen LogP contribution in [0, 0.1) is 0 Å².